The minimum Gasteiger partial charge on any atom is -0.468 e. The smallest absolute Gasteiger partial charge is 0.325 e. The normalized spacial score (nSPS) is 13.8. The molecule has 0 N–H and O–H groups in total. The number of methoxy groups -OCH3 is 1. The van der Waals surface area contributed by atoms with Crippen LogP contribution in [0.25, 0.3) is 27.9 Å². The zero-order valence-corrected chi connectivity index (χ0v) is 22.1. The highest BCUT2D eigenvalue weighted by Crippen LogP contribution is 2.38. The molecule has 0 spiro atoms. The van der Waals surface area contributed by atoms with E-state index in [1.807, 2.05) is 65.2 Å². The molecule has 1 saturated carbocycles. The molecule has 0 bridgehead atoms. The van der Waals surface area contributed by atoms with E-state index in [1.54, 1.807) is 6.08 Å². The van der Waals surface area contributed by atoms with E-state index in [0.29, 0.717) is 5.92 Å². The highest BCUT2D eigenvalue weighted by Gasteiger charge is 2.24. The van der Waals surface area contributed by atoms with Crippen LogP contribution in [0.1, 0.15) is 54.0 Å². The van der Waals surface area contributed by atoms with Gasteiger partial charge >= 0.3 is 11.9 Å². The van der Waals surface area contributed by atoms with Crippen molar-refractivity contribution in [2.24, 2.45) is 11.1 Å². The lowest BCUT2D eigenvalue weighted by atomic mass is 9.98. The molecule has 200 valence electrons. The van der Waals surface area contributed by atoms with E-state index < -0.39 is 6.04 Å². The molecule has 4 aromatic rings. The molecule has 1 aromatic heterocycles. The van der Waals surface area contributed by atoms with Crippen LogP contribution in [0, 0.1) is 10.8 Å². The lowest BCUT2D eigenvalue weighted by molar-refractivity contribution is -0.144. The highest BCUT2D eigenvalue weighted by molar-refractivity contribution is 6.09. The molecule has 39 heavy (non-hydrogen) atoms. The summed E-state index contributed by atoms with van der Waals surface area (Å²) in [7, 11) is 1.37. The molecule has 1 fully saturated rings. The predicted molar refractivity (Wildman–Crippen MR) is 152 cm³/mol. The summed E-state index contributed by atoms with van der Waals surface area (Å²) in [6.07, 6.45) is 6.08. The van der Waals surface area contributed by atoms with Crippen molar-refractivity contribution in [2.45, 2.75) is 51.3 Å². The van der Waals surface area contributed by atoms with Crippen LogP contribution in [0.2, 0.25) is 0 Å². The Hall–Kier alpha value is -4.26. The monoisotopic (exact) mass is 524 g/mol. The van der Waals surface area contributed by atoms with Gasteiger partial charge in [-0.2, -0.15) is 4.91 Å². The number of hydrogen-bond donors (Lipinski definition) is 0. The maximum absolute atomic E-state index is 12.7. The van der Waals surface area contributed by atoms with E-state index in [1.165, 1.54) is 20.0 Å². The average molecular weight is 525 g/mol. The van der Waals surface area contributed by atoms with Crippen molar-refractivity contribution in [1.82, 2.24) is 4.57 Å². The molecule has 0 amide bonds. The summed E-state index contributed by atoms with van der Waals surface area (Å²) < 4.78 is 12.4. The van der Waals surface area contributed by atoms with E-state index in [0.717, 1.165) is 56.9 Å². The van der Waals surface area contributed by atoms with E-state index in [2.05, 4.69) is 11.8 Å². The van der Waals surface area contributed by atoms with Crippen molar-refractivity contribution in [2.75, 3.05) is 7.11 Å². The molecular weight excluding hydrogens is 492 g/mol. The first kappa shape index (κ1) is 26.4. The van der Waals surface area contributed by atoms with E-state index in [-0.39, 0.29) is 31.5 Å². The Kier molecular flexibility index (Phi) is 7.87. The van der Waals surface area contributed by atoms with E-state index in [4.69, 9.17) is 9.47 Å². The van der Waals surface area contributed by atoms with Crippen molar-refractivity contribution in [3.05, 3.63) is 94.4 Å². The van der Waals surface area contributed by atoms with Crippen molar-refractivity contribution in [3.63, 3.8) is 0 Å². The zero-order chi connectivity index (χ0) is 27.4. The SMILES string of the molecule is C=Cc1ccc(COC(=O)Cc2ccc3c(c2)c2cc(C(CCC4CC4)N=O)ccc2n3CC(=O)OC)cc1. The number of carbonyl (C=O) groups excluding carboxylic acids is 2. The number of hydrogen-bond acceptors (Lipinski definition) is 6. The fourth-order valence-electron chi connectivity index (χ4n) is 5.06. The van der Waals surface area contributed by atoms with Crippen LogP contribution < -0.4 is 0 Å². The van der Waals surface area contributed by atoms with Gasteiger partial charge in [0.15, 0.2) is 0 Å². The summed E-state index contributed by atoms with van der Waals surface area (Å²) in [4.78, 5) is 36.6. The van der Waals surface area contributed by atoms with Crippen LogP contribution in [0.5, 0.6) is 0 Å². The third-order valence-corrected chi connectivity index (χ3v) is 7.49. The van der Waals surface area contributed by atoms with Gasteiger partial charge < -0.3 is 14.0 Å². The van der Waals surface area contributed by atoms with Gasteiger partial charge in [-0.25, -0.2) is 0 Å². The molecule has 1 heterocycles. The highest BCUT2D eigenvalue weighted by atomic mass is 16.5. The maximum atomic E-state index is 12.7. The first-order valence-corrected chi connectivity index (χ1v) is 13.3. The molecule has 7 nitrogen and oxygen atoms in total. The molecule has 7 heteroatoms. The molecule has 0 radical (unpaired) electrons. The van der Waals surface area contributed by atoms with Crippen LogP contribution in [0.3, 0.4) is 0 Å². The van der Waals surface area contributed by atoms with E-state index >= 15 is 0 Å². The van der Waals surface area contributed by atoms with Gasteiger partial charge in [0, 0.05) is 21.8 Å². The predicted octanol–water partition coefficient (Wildman–Crippen LogP) is 6.89. The fourth-order valence-corrected chi connectivity index (χ4v) is 5.06. The maximum Gasteiger partial charge on any atom is 0.325 e. The van der Waals surface area contributed by atoms with Crippen molar-refractivity contribution < 1.29 is 19.1 Å². The Bertz CT molecular complexity index is 1530. The number of ether oxygens (including phenoxy) is 2. The van der Waals surface area contributed by atoms with Crippen LogP contribution >= 0.6 is 0 Å². The van der Waals surface area contributed by atoms with Crippen molar-refractivity contribution in [3.8, 4) is 0 Å². The van der Waals surface area contributed by atoms with Crippen molar-refractivity contribution in [1.29, 1.82) is 0 Å². The Morgan fingerprint density at radius 1 is 1.00 bits per heavy atom. The van der Waals surface area contributed by atoms with Gasteiger partial charge in [-0.3, -0.25) is 9.59 Å². The van der Waals surface area contributed by atoms with Gasteiger partial charge in [-0.05, 0) is 65.3 Å². The molecule has 1 atom stereocenters. The topological polar surface area (TPSA) is 87.0 Å². The van der Waals surface area contributed by atoms with Crippen LogP contribution in [0.15, 0.2) is 72.4 Å². The Balaban J connectivity index is 1.42. The summed E-state index contributed by atoms with van der Waals surface area (Å²) >= 11 is 0. The number of benzene rings is 3. The van der Waals surface area contributed by atoms with Crippen molar-refractivity contribution >= 4 is 39.8 Å². The van der Waals surface area contributed by atoms with Gasteiger partial charge in [0.05, 0.1) is 13.5 Å². The lowest BCUT2D eigenvalue weighted by Crippen LogP contribution is -2.11. The van der Waals surface area contributed by atoms with Gasteiger partial charge in [0.2, 0.25) is 0 Å². The summed E-state index contributed by atoms with van der Waals surface area (Å²) in [6, 6.07) is 18.9. The van der Waals surface area contributed by atoms with Gasteiger partial charge in [-0.1, -0.05) is 67.1 Å². The first-order chi connectivity index (χ1) is 19.0. The molecular formula is C32H32N2O5. The second-order valence-corrected chi connectivity index (χ2v) is 10.2. The van der Waals surface area contributed by atoms with Crippen LogP contribution in [-0.2, 0) is 38.6 Å². The minimum absolute atomic E-state index is 0.0545. The number of rotatable bonds is 12. The molecule has 1 aliphatic rings. The molecule has 5 rings (SSSR count). The van der Waals surface area contributed by atoms with Gasteiger partial charge in [0.1, 0.15) is 19.2 Å². The number of carbonyl (C=O) groups is 2. The Labute approximate surface area is 227 Å². The summed E-state index contributed by atoms with van der Waals surface area (Å²) in [6.45, 7) is 4.00. The van der Waals surface area contributed by atoms with Gasteiger partial charge in [0.25, 0.3) is 0 Å². The van der Waals surface area contributed by atoms with Crippen LogP contribution in [-0.4, -0.2) is 23.6 Å². The van der Waals surface area contributed by atoms with Gasteiger partial charge in [-0.15, -0.1) is 0 Å². The Morgan fingerprint density at radius 3 is 2.36 bits per heavy atom. The zero-order valence-electron chi connectivity index (χ0n) is 22.1. The standard InChI is InChI=1S/C32H32N2O5/c1-3-21-4-8-23(9-5-21)20-39-31(35)17-24-11-14-29-26(16-24)27-18-25(28(33-37)13-10-22-6-7-22)12-15-30(27)34(29)19-32(36)38-2/h3-5,8-9,11-12,14-16,18,22,28H,1,6-7,10,13,17,19-20H2,2H3. The fraction of sp³-hybridized carbons (Fsp3) is 0.312. The third-order valence-electron chi connectivity index (χ3n) is 7.49. The second kappa shape index (κ2) is 11.6. The molecule has 1 aliphatic carbocycles. The van der Waals surface area contributed by atoms with Crippen LogP contribution in [0.4, 0.5) is 0 Å². The number of nitrogens with zero attached hydrogens (tertiary/aromatic N) is 2. The largest absolute Gasteiger partial charge is 0.468 e. The third kappa shape index (κ3) is 6.08. The quantitative estimate of drug-likeness (QED) is 0.149. The second-order valence-electron chi connectivity index (χ2n) is 10.2. The molecule has 1 unspecified atom stereocenters. The molecule has 3 aromatic carbocycles. The summed E-state index contributed by atoms with van der Waals surface area (Å²) in [5.41, 5.74) is 5.28. The number of aromatic nitrogens is 1. The average Bonchev–Trinajstić information content (AvgIpc) is 3.75. The Morgan fingerprint density at radius 2 is 1.69 bits per heavy atom. The lowest BCUT2D eigenvalue weighted by Gasteiger charge is -2.10. The molecule has 0 saturated heterocycles. The summed E-state index contributed by atoms with van der Waals surface area (Å²) in [5.74, 6) is 0.0312. The first-order valence-electron chi connectivity index (χ1n) is 13.3. The molecule has 0 aliphatic heterocycles. The summed E-state index contributed by atoms with van der Waals surface area (Å²) in [5, 5.41) is 5.23. The number of esters is 2. The number of nitroso groups, excluding NO2 is 1. The minimum atomic E-state index is -0.410. The van der Waals surface area contributed by atoms with E-state index in [9.17, 15) is 14.5 Å². The number of fused-ring (bicyclic) bond motifs is 3.